The molecular formula is C14H30O2. The molecule has 0 aromatic carbocycles. The quantitative estimate of drug-likeness (QED) is 0.547. The number of hydrogen-bond donors (Lipinski definition) is 1. The standard InChI is InChI=1S/C14H30O2/c1-4-5-6-7-8-9-10-14(15)11-13(2)12-16-3/h13-15H,4-12H2,1-3H3. The maximum absolute atomic E-state index is 9.79. The van der Waals surface area contributed by atoms with Crippen molar-refractivity contribution in [3.63, 3.8) is 0 Å². The predicted molar refractivity (Wildman–Crippen MR) is 69.7 cm³/mol. The average molecular weight is 230 g/mol. The van der Waals surface area contributed by atoms with Gasteiger partial charge in [0, 0.05) is 13.7 Å². The minimum atomic E-state index is -0.128. The number of rotatable bonds is 11. The van der Waals surface area contributed by atoms with Gasteiger partial charge in [0.05, 0.1) is 6.10 Å². The van der Waals surface area contributed by atoms with Gasteiger partial charge in [0.1, 0.15) is 0 Å². The Morgan fingerprint density at radius 3 is 2.31 bits per heavy atom. The fourth-order valence-corrected chi connectivity index (χ4v) is 2.10. The van der Waals surface area contributed by atoms with Crippen molar-refractivity contribution in [2.75, 3.05) is 13.7 Å². The largest absolute Gasteiger partial charge is 0.393 e. The Morgan fingerprint density at radius 2 is 1.69 bits per heavy atom. The van der Waals surface area contributed by atoms with Gasteiger partial charge < -0.3 is 9.84 Å². The number of methoxy groups -OCH3 is 1. The molecule has 2 unspecified atom stereocenters. The second kappa shape index (κ2) is 11.4. The second-order valence-electron chi connectivity index (χ2n) is 5.01. The maximum Gasteiger partial charge on any atom is 0.0543 e. The molecule has 0 aliphatic rings. The van der Waals surface area contributed by atoms with Crippen LogP contribution in [0.1, 0.15) is 65.2 Å². The molecule has 1 N–H and O–H groups in total. The van der Waals surface area contributed by atoms with Crippen LogP contribution in [0.25, 0.3) is 0 Å². The Balaban J connectivity index is 3.26. The summed E-state index contributed by atoms with van der Waals surface area (Å²) in [4.78, 5) is 0. The lowest BCUT2D eigenvalue weighted by atomic mass is 9.99. The monoisotopic (exact) mass is 230 g/mol. The van der Waals surface area contributed by atoms with E-state index in [2.05, 4.69) is 13.8 Å². The van der Waals surface area contributed by atoms with Crippen molar-refractivity contribution >= 4 is 0 Å². The third-order valence-corrected chi connectivity index (χ3v) is 3.02. The van der Waals surface area contributed by atoms with Gasteiger partial charge in [0.15, 0.2) is 0 Å². The lowest BCUT2D eigenvalue weighted by Crippen LogP contribution is -2.14. The molecule has 0 aliphatic carbocycles. The molecule has 0 heterocycles. The molecule has 0 saturated heterocycles. The van der Waals surface area contributed by atoms with Crippen molar-refractivity contribution in [2.24, 2.45) is 5.92 Å². The van der Waals surface area contributed by atoms with Crippen molar-refractivity contribution in [1.82, 2.24) is 0 Å². The third kappa shape index (κ3) is 10.4. The molecule has 0 fully saturated rings. The summed E-state index contributed by atoms with van der Waals surface area (Å²) in [7, 11) is 1.72. The Labute approximate surface area is 101 Å². The molecule has 0 aromatic rings. The van der Waals surface area contributed by atoms with E-state index in [-0.39, 0.29) is 6.10 Å². The van der Waals surface area contributed by atoms with Gasteiger partial charge in [-0.15, -0.1) is 0 Å². The molecule has 0 amide bonds. The van der Waals surface area contributed by atoms with Gasteiger partial charge >= 0.3 is 0 Å². The van der Waals surface area contributed by atoms with Crippen LogP contribution in [0.5, 0.6) is 0 Å². The summed E-state index contributed by atoms with van der Waals surface area (Å²) < 4.78 is 5.06. The van der Waals surface area contributed by atoms with Crippen molar-refractivity contribution in [3.8, 4) is 0 Å². The van der Waals surface area contributed by atoms with Crippen LogP contribution < -0.4 is 0 Å². The summed E-state index contributed by atoms with van der Waals surface area (Å²) in [5, 5.41) is 9.79. The van der Waals surface area contributed by atoms with Crippen LogP contribution in [-0.2, 0) is 4.74 Å². The van der Waals surface area contributed by atoms with Gasteiger partial charge in [-0.2, -0.15) is 0 Å². The first-order valence-corrected chi connectivity index (χ1v) is 6.87. The first-order chi connectivity index (χ1) is 7.70. The van der Waals surface area contributed by atoms with Crippen molar-refractivity contribution in [2.45, 2.75) is 71.3 Å². The molecule has 2 atom stereocenters. The number of aliphatic hydroxyl groups is 1. The maximum atomic E-state index is 9.79. The van der Waals surface area contributed by atoms with Gasteiger partial charge in [0.2, 0.25) is 0 Å². The molecule has 0 rings (SSSR count). The molecule has 2 nitrogen and oxygen atoms in total. The Morgan fingerprint density at radius 1 is 1.06 bits per heavy atom. The molecule has 0 spiro atoms. The minimum Gasteiger partial charge on any atom is -0.393 e. The number of ether oxygens (including phenoxy) is 1. The molecule has 16 heavy (non-hydrogen) atoms. The number of unbranched alkanes of at least 4 members (excludes halogenated alkanes) is 5. The molecule has 0 aliphatic heterocycles. The van der Waals surface area contributed by atoms with Crippen molar-refractivity contribution in [1.29, 1.82) is 0 Å². The normalized spacial score (nSPS) is 15.0. The van der Waals surface area contributed by atoms with Gasteiger partial charge in [-0.1, -0.05) is 52.4 Å². The predicted octanol–water partition coefficient (Wildman–Crippen LogP) is 3.77. The SMILES string of the molecule is CCCCCCCCC(O)CC(C)COC. The highest BCUT2D eigenvalue weighted by atomic mass is 16.5. The summed E-state index contributed by atoms with van der Waals surface area (Å²) in [5.41, 5.74) is 0. The van der Waals surface area contributed by atoms with Crippen molar-refractivity contribution in [3.05, 3.63) is 0 Å². The van der Waals surface area contributed by atoms with Crippen LogP contribution in [0, 0.1) is 5.92 Å². The highest BCUT2D eigenvalue weighted by Crippen LogP contribution is 2.13. The number of aliphatic hydroxyl groups excluding tert-OH is 1. The van der Waals surface area contributed by atoms with E-state index in [9.17, 15) is 5.11 Å². The first kappa shape index (κ1) is 15.9. The van der Waals surface area contributed by atoms with E-state index in [0.29, 0.717) is 5.92 Å². The highest BCUT2D eigenvalue weighted by molar-refractivity contribution is 4.61. The van der Waals surface area contributed by atoms with E-state index < -0.39 is 0 Å². The van der Waals surface area contributed by atoms with Gasteiger partial charge in [-0.05, 0) is 18.8 Å². The second-order valence-corrected chi connectivity index (χ2v) is 5.01. The Bertz CT molecular complexity index is 137. The smallest absolute Gasteiger partial charge is 0.0543 e. The topological polar surface area (TPSA) is 29.5 Å². The highest BCUT2D eigenvalue weighted by Gasteiger charge is 2.09. The lowest BCUT2D eigenvalue weighted by Gasteiger charge is -2.15. The summed E-state index contributed by atoms with van der Waals surface area (Å²) in [6.45, 7) is 5.13. The fourth-order valence-electron chi connectivity index (χ4n) is 2.10. The van der Waals surface area contributed by atoms with E-state index in [1.807, 2.05) is 0 Å². The molecule has 0 aromatic heterocycles. The van der Waals surface area contributed by atoms with Gasteiger partial charge in [-0.25, -0.2) is 0 Å². The van der Waals surface area contributed by atoms with E-state index in [1.54, 1.807) is 7.11 Å². The zero-order valence-electron chi connectivity index (χ0n) is 11.4. The lowest BCUT2D eigenvalue weighted by molar-refractivity contribution is 0.0948. The van der Waals surface area contributed by atoms with Crippen LogP contribution in [0.15, 0.2) is 0 Å². The molecule has 0 radical (unpaired) electrons. The third-order valence-electron chi connectivity index (χ3n) is 3.02. The first-order valence-electron chi connectivity index (χ1n) is 6.87. The Hall–Kier alpha value is -0.0800. The van der Waals surface area contributed by atoms with Crippen LogP contribution >= 0.6 is 0 Å². The number of hydrogen-bond acceptors (Lipinski definition) is 2. The zero-order chi connectivity index (χ0) is 12.2. The van der Waals surface area contributed by atoms with E-state index in [1.165, 1.54) is 38.5 Å². The van der Waals surface area contributed by atoms with Crippen LogP contribution in [0.3, 0.4) is 0 Å². The van der Waals surface area contributed by atoms with Gasteiger partial charge in [0.25, 0.3) is 0 Å². The van der Waals surface area contributed by atoms with Crippen LogP contribution in [0.2, 0.25) is 0 Å². The minimum absolute atomic E-state index is 0.128. The molecule has 98 valence electrons. The van der Waals surface area contributed by atoms with E-state index >= 15 is 0 Å². The van der Waals surface area contributed by atoms with E-state index in [0.717, 1.165) is 19.4 Å². The molecule has 2 heteroatoms. The summed E-state index contributed by atoms with van der Waals surface area (Å²) >= 11 is 0. The van der Waals surface area contributed by atoms with Crippen molar-refractivity contribution < 1.29 is 9.84 Å². The summed E-state index contributed by atoms with van der Waals surface area (Å²) in [5.74, 6) is 0.472. The Kier molecular flexibility index (Phi) is 11.3. The molecule has 0 saturated carbocycles. The summed E-state index contributed by atoms with van der Waals surface area (Å²) in [6.07, 6.45) is 9.49. The van der Waals surface area contributed by atoms with E-state index in [4.69, 9.17) is 4.74 Å². The molecular weight excluding hydrogens is 200 g/mol. The average Bonchev–Trinajstić information content (AvgIpc) is 2.23. The van der Waals surface area contributed by atoms with Crippen LogP contribution in [-0.4, -0.2) is 24.9 Å². The van der Waals surface area contributed by atoms with Crippen LogP contribution in [0.4, 0.5) is 0 Å². The summed E-state index contributed by atoms with van der Waals surface area (Å²) in [6, 6.07) is 0. The zero-order valence-corrected chi connectivity index (χ0v) is 11.4. The van der Waals surface area contributed by atoms with Gasteiger partial charge in [-0.3, -0.25) is 0 Å². The molecule has 0 bridgehead atoms. The fraction of sp³-hybridized carbons (Fsp3) is 1.00.